The first-order valence-electron chi connectivity index (χ1n) is 9.81. The highest BCUT2D eigenvalue weighted by molar-refractivity contribution is 7.17. The zero-order chi connectivity index (χ0) is 20.6. The second-order valence-corrected chi connectivity index (χ2v) is 8.30. The Morgan fingerprint density at radius 3 is 2.53 bits per heavy atom. The van der Waals surface area contributed by atoms with Crippen molar-refractivity contribution >= 4 is 17.2 Å². The lowest BCUT2D eigenvalue weighted by molar-refractivity contribution is -0.181. The topological polar surface area (TPSA) is 86.9 Å². The van der Waals surface area contributed by atoms with Crippen LogP contribution in [0.5, 0.6) is 5.75 Å². The third-order valence-electron chi connectivity index (χ3n) is 5.43. The zero-order valence-electron chi connectivity index (χ0n) is 16.5. The lowest BCUT2D eigenvalue weighted by atomic mass is 10.0. The molecule has 2 aromatic heterocycles. The van der Waals surface area contributed by atoms with Crippen molar-refractivity contribution in [1.29, 1.82) is 0 Å². The molecule has 0 unspecified atom stereocenters. The molecule has 5 rings (SSSR count). The minimum Gasteiger partial charge on any atom is -0.497 e. The molecule has 30 heavy (non-hydrogen) atoms. The van der Waals surface area contributed by atoms with Gasteiger partial charge >= 0.3 is 0 Å². The van der Waals surface area contributed by atoms with Gasteiger partial charge in [0, 0.05) is 31.5 Å². The average Bonchev–Trinajstić information content (AvgIpc) is 3.55. The maximum atomic E-state index is 12.9. The average molecular weight is 427 g/mol. The van der Waals surface area contributed by atoms with Crippen molar-refractivity contribution in [3.05, 3.63) is 41.3 Å². The molecule has 0 radical (unpaired) electrons. The Morgan fingerprint density at radius 2 is 1.83 bits per heavy atom. The first kappa shape index (κ1) is 19.2. The summed E-state index contributed by atoms with van der Waals surface area (Å²) in [6, 6.07) is 11.1. The lowest BCUT2D eigenvalue weighted by Crippen LogP contribution is -2.47. The predicted molar refractivity (Wildman–Crippen MR) is 109 cm³/mol. The third-order valence-corrected chi connectivity index (χ3v) is 6.50. The van der Waals surface area contributed by atoms with E-state index in [0.29, 0.717) is 55.7 Å². The van der Waals surface area contributed by atoms with Crippen molar-refractivity contribution in [2.75, 3.05) is 33.4 Å². The van der Waals surface area contributed by atoms with E-state index in [2.05, 4.69) is 10.1 Å². The second-order valence-electron chi connectivity index (χ2n) is 7.22. The molecule has 156 valence electrons. The molecule has 1 amide bonds. The van der Waals surface area contributed by atoms with Gasteiger partial charge in [-0.15, -0.1) is 11.3 Å². The third kappa shape index (κ3) is 3.60. The molecule has 1 spiro atoms. The number of nitrogens with zero attached hydrogens (tertiary/aromatic N) is 3. The summed E-state index contributed by atoms with van der Waals surface area (Å²) in [4.78, 5) is 20.7. The van der Waals surface area contributed by atoms with E-state index in [-0.39, 0.29) is 5.91 Å². The molecule has 2 saturated heterocycles. The van der Waals surface area contributed by atoms with E-state index in [4.69, 9.17) is 18.7 Å². The van der Waals surface area contributed by atoms with Crippen LogP contribution in [-0.2, 0) is 9.47 Å². The molecule has 2 aliphatic heterocycles. The Hall–Kier alpha value is -2.75. The van der Waals surface area contributed by atoms with Gasteiger partial charge in [0.2, 0.25) is 5.82 Å². The molecular weight excluding hydrogens is 406 g/mol. The van der Waals surface area contributed by atoms with Gasteiger partial charge < -0.3 is 23.6 Å². The molecule has 9 heteroatoms. The number of amides is 1. The summed E-state index contributed by atoms with van der Waals surface area (Å²) in [5.74, 6) is 1.18. The molecule has 1 aromatic carbocycles. The molecule has 0 saturated carbocycles. The van der Waals surface area contributed by atoms with Gasteiger partial charge in [0.1, 0.15) is 5.75 Å². The number of piperidine rings is 1. The van der Waals surface area contributed by atoms with E-state index >= 15 is 0 Å². The number of benzene rings is 1. The normalized spacial score (nSPS) is 18.1. The number of hydrogen-bond acceptors (Lipinski definition) is 8. The quantitative estimate of drug-likeness (QED) is 0.630. The van der Waals surface area contributed by atoms with Gasteiger partial charge in [-0.3, -0.25) is 4.79 Å². The Morgan fingerprint density at radius 1 is 1.10 bits per heavy atom. The van der Waals surface area contributed by atoms with E-state index in [1.54, 1.807) is 7.11 Å². The number of hydrogen-bond donors (Lipinski definition) is 0. The highest BCUT2D eigenvalue weighted by Gasteiger charge is 2.41. The Balaban J connectivity index is 1.27. The van der Waals surface area contributed by atoms with Crippen LogP contribution in [0.1, 0.15) is 22.5 Å². The molecular formula is C21H21N3O5S. The van der Waals surface area contributed by atoms with E-state index in [1.807, 2.05) is 41.3 Å². The number of carbonyl (C=O) groups is 1. The van der Waals surface area contributed by atoms with E-state index in [9.17, 15) is 4.79 Å². The number of likely N-dealkylation sites (tertiary alicyclic amines) is 1. The summed E-state index contributed by atoms with van der Waals surface area (Å²) in [7, 11) is 1.62. The van der Waals surface area contributed by atoms with Gasteiger partial charge in [-0.2, -0.15) is 4.98 Å². The monoisotopic (exact) mass is 427 g/mol. The molecule has 0 bridgehead atoms. The van der Waals surface area contributed by atoms with Crippen LogP contribution in [0, 0.1) is 0 Å². The fraction of sp³-hybridized carbons (Fsp3) is 0.381. The Bertz CT molecular complexity index is 1030. The summed E-state index contributed by atoms with van der Waals surface area (Å²) >= 11 is 1.37. The summed E-state index contributed by atoms with van der Waals surface area (Å²) < 4.78 is 22.0. The maximum Gasteiger partial charge on any atom is 0.263 e. The summed E-state index contributed by atoms with van der Waals surface area (Å²) in [5, 5.41) is 4.07. The number of aromatic nitrogens is 2. The van der Waals surface area contributed by atoms with Crippen LogP contribution in [0.25, 0.3) is 22.2 Å². The number of thiophene rings is 1. The number of methoxy groups -OCH3 is 1. The standard InChI is InChI=1S/C21H21N3O5S/c1-26-15-4-2-14(3-5-15)19-22-18(23-29-19)16-6-7-17(30-16)20(25)24-10-8-21(9-11-24)27-12-13-28-21/h2-7H,8-13H2,1H3. The van der Waals surface area contributed by atoms with Gasteiger partial charge in [0.05, 0.1) is 30.1 Å². The first-order chi connectivity index (χ1) is 14.7. The lowest BCUT2D eigenvalue weighted by Gasteiger charge is -2.37. The van der Waals surface area contributed by atoms with Crippen LogP contribution < -0.4 is 4.74 Å². The van der Waals surface area contributed by atoms with Gasteiger partial charge in [0.25, 0.3) is 11.8 Å². The van der Waals surface area contributed by atoms with Gasteiger partial charge in [-0.25, -0.2) is 0 Å². The van der Waals surface area contributed by atoms with Crippen molar-refractivity contribution in [3.63, 3.8) is 0 Å². The zero-order valence-corrected chi connectivity index (χ0v) is 17.3. The maximum absolute atomic E-state index is 12.9. The van der Waals surface area contributed by atoms with Crippen LogP contribution in [0.3, 0.4) is 0 Å². The Labute approximate surface area is 177 Å². The van der Waals surface area contributed by atoms with Crippen LogP contribution in [-0.4, -0.2) is 60.1 Å². The van der Waals surface area contributed by atoms with E-state index < -0.39 is 5.79 Å². The van der Waals surface area contributed by atoms with Crippen LogP contribution in [0.4, 0.5) is 0 Å². The largest absolute Gasteiger partial charge is 0.497 e. The summed E-state index contributed by atoms with van der Waals surface area (Å²) in [5.41, 5.74) is 0.806. The Kier molecular flexibility index (Phi) is 5.01. The minimum atomic E-state index is -0.486. The molecule has 2 aliphatic rings. The van der Waals surface area contributed by atoms with Crippen LogP contribution in [0.15, 0.2) is 40.9 Å². The SMILES string of the molecule is COc1ccc(-c2nc(-c3ccc(C(=O)N4CCC5(CC4)OCCO5)s3)no2)cc1. The molecule has 8 nitrogen and oxygen atoms in total. The van der Waals surface area contributed by atoms with Crippen molar-refractivity contribution in [2.24, 2.45) is 0 Å². The van der Waals surface area contributed by atoms with E-state index in [1.165, 1.54) is 11.3 Å². The number of carbonyl (C=O) groups excluding carboxylic acids is 1. The molecule has 0 N–H and O–H groups in total. The van der Waals surface area contributed by atoms with Gasteiger partial charge in [-0.1, -0.05) is 5.16 Å². The highest BCUT2D eigenvalue weighted by atomic mass is 32.1. The molecule has 0 aliphatic carbocycles. The van der Waals surface area contributed by atoms with Gasteiger partial charge in [-0.05, 0) is 36.4 Å². The van der Waals surface area contributed by atoms with Crippen molar-refractivity contribution < 1.29 is 23.5 Å². The van der Waals surface area contributed by atoms with Crippen molar-refractivity contribution in [1.82, 2.24) is 15.0 Å². The second kappa shape index (κ2) is 7.82. The molecule has 3 aromatic rings. The highest BCUT2D eigenvalue weighted by Crippen LogP contribution is 2.33. The molecule has 0 atom stereocenters. The molecule has 4 heterocycles. The smallest absolute Gasteiger partial charge is 0.263 e. The minimum absolute atomic E-state index is 0.0120. The number of rotatable bonds is 4. The fourth-order valence-corrected chi connectivity index (χ4v) is 4.64. The fourth-order valence-electron chi connectivity index (χ4n) is 3.74. The van der Waals surface area contributed by atoms with Crippen molar-refractivity contribution in [2.45, 2.75) is 18.6 Å². The molecule has 2 fully saturated rings. The first-order valence-corrected chi connectivity index (χ1v) is 10.6. The van der Waals surface area contributed by atoms with Crippen LogP contribution >= 0.6 is 11.3 Å². The van der Waals surface area contributed by atoms with Crippen molar-refractivity contribution in [3.8, 4) is 27.9 Å². The van der Waals surface area contributed by atoms with Crippen LogP contribution in [0.2, 0.25) is 0 Å². The number of ether oxygens (including phenoxy) is 3. The summed E-state index contributed by atoms with van der Waals surface area (Å²) in [6.07, 6.45) is 1.40. The van der Waals surface area contributed by atoms with E-state index in [0.717, 1.165) is 16.2 Å². The predicted octanol–water partition coefficient (Wildman–Crippen LogP) is 3.45. The van der Waals surface area contributed by atoms with Gasteiger partial charge in [0.15, 0.2) is 5.79 Å². The summed E-state index contributed by atoms with van der Waals surface area (Å²) in [6.45, 7) is 2.50.